The molecule has 0 saturated carbocycles. The Balaban J connectivity index is 4.51. The first-order chi connectivity index (χ1) is 12.2. The smallest absolute Gasteiger partial charge is 0.407 e. The van der Waals surface area contributed by atoms with Crippen LogP contribution in [0.4, 0.5) is 4.79 Å². The number of hydrogen-bond acceptors (Lipinski definition) is 4. The van der Waals surface area contributed by atoms with Crippen molar-refractivity contribution in [2.24, 2.45) is 10.9 Å². The van der Waals surface area contributed by atoms with E-state index < -0.39 is 11.7 Å². The summed E-state index contributed by atoms with van der Waals surface area (Å²) in [6.45, 7) is 17.4. The first-order valence-corrected chi connectivity index (χ1v) is 9.79. The van der Waals surface area contributed by atoms with Gasteiger partial charge in [-0.2, -0.15) is 0 Å². The minimum atomic E-state index is -0.507. The molecule has 0 spiro atoms. The van der Waals surface area contributed by atoms with E-state index in [1.807, 2.05) is 34.6 Å². The Labute approximate surface area is 159 Å². The highest BCUT2D eigenvalue weighted by Crippen LogP contribution is 2.09. The van der Waals surface area contributed by atoms with Gasteiger partial charge in [-0.25, -0.2) is 4.79 Å². The Kier molecular flexibility index (Phi) is 12.9. The van der Waals surface area contributed by atoms with Crippen LogP contribution in [0, 0.1) is 5.92 Å². The van der Waals surface area contributed by atoms with Crippen LogP contribution in [0.1, 0.15) is 61.3 Å². The molecule has 0 fully saturated rings. The molecule has 0 aromatic rings. The summed E-state index contributed by atoms with van der Waals surface area (Å²) in [4.78, 5) is 16.6. The molecule has 0 aromatic heterocycles. The topological polar surface area (TPSA) is 84.0 Å². The number of ether oxygens (including phenoxy) is 2. The van der Waals surface area contributed by atoms with E-state index in [1.54, 1.807) is 0 Å². The lowest BCUT2D eigenvalue weighted by molar-refractivity contribution is 0.0493. The Bertz CT molecular complexity index is 406. The molecule has 0 rings (SSSR count). The van der Waals surface area contributed by atoms with Gasteiger partial charge in [0.15, 0.2) is 5.96 Å². The van der Waals surface area contributed by atoms with Gasteiger partial charge in [-0.05, 0) is 53.4 Å². The second-order valence-corrected chi connectivity index (χ2v) is 7.55. The molecule has 0 aliphatic heterocycles. The van der Waals surface area contributed by atoms with Crippen molar-refractivity contribution in [2.45, 2.75) is 73.0 Å². The number of carbonyl (C=O) groups excluding carboxylic acids is 1. The molecular formula is C19H40N4O3. The fourth-order valence-corrected chi connectivity index (χ4v) is 2.09. The largest absolute Gasteiger partial charge is 0.444 e. The number of nitrogens with one attached hydrogen (secondary N) is 3. The van der Waals surface area contributed by atoms with E-state index in [9.17, 15) is 4.79 Å². The maximum Gasteiger partial charge on any atom is 0.407 e. The highest BCUT2D eigenvalue weighted by atomic mass is 16.6. The van der Waals surface area contributed by atoms with Gasteiger partial charge in [-0.15, -0.1) is 0 Å². The average Bonchev–Trinajstić information content (AvgIpc) is 2.52. The van der Waals surface area contributed by atoms with E-state index in [2.05, 4.69) is 34.8 Å². The third-order valence-electron chi connectivity index (χ3n) is 3.51. The number of carbonyl (C=O) groups is 1. The number of rotatable bonds is 11. The molecule has 26 heavy (non-hydrogen) atoms. The summed E-state index contributed by atoms with van der Waals surface area (Å²) < 4.78 is 10.7. The zero-order valence-corrected chi connectivity index (χ0v) is 17.8. The molecule has 0 aliphatic carbocycles. The summed E-state index contributed by atoms with van der Waals surface area (Å²) in [5.74, 6) is 1.01. The zero-order valence-electron chi connectivity index (χ0n) is 17.8. The first kappa shape index (κ1) is 24.5. The summed E-state index contributed by atoms with van der Waals surface area (Å²) in [5, 5.41) is 9.48. The van der Waals surface area contributed by atoms with Crippen LogP contribution < -0.4 is 16.0 Å². The number of unbranched alkanes of at least 4 members (excludes halogenated alkanes) is 1. The summed E-state index contributed by atoms with van der Waals surface area (Å²) in [5.41, 5.74) is -0.507. The summed E-state index contributed by atoms with van der Waals surface area (Å²) in [7, 11) is 0. The summed E-state index contributed by atoms with van der Waals surface area (Å²) in [6, 6.07) is -0.0849. The lowest BCUT2D eigenvalue weighted by atomic mass is 10.1. The van der Waals surface area contributed by atoms with E-state index in [-0.39, 0.29) is 12.0 Å². The highest BCUT2D eigenvalue weighted by Gasteiger charge is 2.21. The monoisotopic (exact) mass is 372 g/mol. The average molecular weight is 373 g/mol. The van der Waals surface area contributed by atoms with Crippen molar-refractivity contribution < 1.29 is 14.3 Å². The molecular weight excluding hydrogens is 332 g/mol. The third-order valence-corrected chi connectivity index (χ3v) is 3.51. The predicted octanol–water partition coefficient (Wildman–Crippen LogP) is 2.91. The van der Waals surface area contributed by atoms with E-state index in [0.717, 1.165) is 45.1 Å². The van der Waals surface area contributed by atoms with Gasteiger partial charge in [-0.1, -0.05) is 13.8 Å². The van der Waals surface area contributed by atoms with E-state index in [1.165, 1.54) is 0 Å². The number of aliphatic imine (C=N–C) groups is 1. The highest BCUT2D eigenvalue weighted by molar-refractivity contribution is 5.79. The fourth-order valence-electron chi connectivity index (χ4n) is 2.09. The van der Waals surface area contributed by atoms with Crippen LogP contribution in [0.5, 0.6) is 0 Å². The van der Waals surface area contributed by atoms with Gasteiger partial charge < -0.3 is 25.4 Å². The van der Waals surface area contributed by atoms with Gasteiger partial charge in [-0.3, -0.25) is 4.99 Å². The zero-order chi connectivity index (χ0) is 20.0. The maximum absolute atomic E-state index is 12.0. The molecule has 0 heterocycles. The number of guanidine groups is 1. The Morgan fingerprint density at radius 2 is 1.81 bits per heavy atom. The first-order valence-electron chi connectivity index (χ1n) is 9.79. The van der Waals surface area contributed by atoms with E-state index in [0.29, 0.717) is 6.54 Å². The van der Waals surface area contributed by atoms with Crippen molar-refractivity contribution in [3.05, 3.63) is 0 Å². The van der Waals surface area contributed by atoms with Crippen molar-refractivity contribution in [1.29, 1.82) is 0 Å². The Morgan fingerprint density at radius 3 is 2.35 bits per heavy atom. The molecule has 0 radical (unpaired) electrons. The van der Waals surface area contributed by atoms with Gasteiger partial charge in [0.2, 0.25) is 0 Å². The van der Waals surface area contributed by atoms with Gasteiger partial charge in [0.05, 0.1) is 12.6 Å². The van der Waals surface area contributed by atoms with Gasteiger partial charge >= 0.3 is 6.09 Å². The van der Waals surface area contributed by atoms with Crippen molar-refractivity contribution in [1.82, 2.24) is 16.0 Å². The normalized spacial score (nSPS) is 13.5. The number of alkyl carbamates (subject to hydrolysis) is 1. The lowest BCUT2D eigenvalue weighted by Crippen LogP contribution is -2.45. The molecule has 0 aliphatic rings. The van der Waals surface area contributed by atoms with Crippen LogP contribution >= 0.6 is 0 Å². The van der Waals surface area contributed by atoms with Crippen LogP contribution in [0.3, 0.4) is 0 Å². The van der Waals surface area contributed by atoms with Crippen LogP contribution in [0.15, 0.2) is 4.99 Å². The molecule has 1 amide bonds. The Morgan fingerprint density at radius 1 is 1.12 bits per heavy atom. The van der Waals surface area contributed by atoms with Gasteiger partial charge in [0, 0.05) is 26.3 Å². The Hall–Kier alpha value is -1.50. The minimum absolute atomic E-state index is 0.0849. The summed E-state index contributed by atoms with van der Waals surface area (Å²) in [6.07, 6.45) is 1.64. The van der Waals surface area contributed by atoms with Crippen molar-refractivity contribution in [3.63, 3.8) is 0 Å². The standard InChI is InChI=1S/C19H40N4O3/c1-8-20-17(21-12-10-11-13-25-9-2)22-14-16(15(3)4)23-18(24)26-19(5,6)7/h15-16H,8-14H2,1-7H3,(H,23,24)(H2,20,21,22). The molecule has 0 aromatic carbocycles. The van der Waals surface area contributed by atoms with E-state index >= 15 is 0 Å². The number of nitrogens with zero attached hydrogens (tertiary/aromatic N) is 1. The predicted molar refractivity (Wildman–Crippen MR) is 108 cm³/mol. The number of hydrogen-bond donors (Lipinski definition) is 3. The van der Waals surface area contributed by atoms with Crippen LogP contribution in [0.25, 0.3) is 0 Å². The third kappa shape index (κ3) is 13.8. The van der Waals surface area contributed by atoms with Crippen LogP contribution in [0.2, 0.25) is 0 Å². The molecule has 154 valence electrons. The molecule has 0 bridgehead atoms. The van der Waals surface area contributed by atoms with E-state index in [4.69, 9.17) is 9.47 Å². The minimum Gasteiger partial charge on any atom is -0.444 e. The molecule has 1 atom stereocenters. The number of amides is 1. The summed E-state index contributed by atoms with van der Waals surface area (Å²) >= 11 is 0. The molecule has 7 nitrogen and oxygen atoms in total. The second-order valence-electron chi connectivity index (χ2n) is 7.55. The van der Waals surface area contributed by atoms with Gasteiger partial charge in [0.25, 0.3) is 0 Å². The van der Waals surface area contributed by atoms with Crippen molar-refractivity contribution in [3.8, 4) is 0 Å². The molecule has 0 saturated heterocycles. The molecule has 1 unspecified atom stereocenters. The SMILES string of the molecule is CCNC(=NCC(NC(=O)OC(C)(C)C)C(C)C)NCCCCOCC. The second kappa shape index (κ2) is 13.7. The van der Waals surface area contributed by atoms with Gasteiger partial charge in [0.1, 0.15) is 5.60 Å². The molecule has 3 N–H and O–H groups in total. The van der Waals surface area contributed by atoms with Crippen molar-refractivity contribution in [2.75, 3.05) is 32.8 Å². The fraction of sp³-hybridized carbons (Fsp3) is 0.895. The lowest BCUT2D eigenvalue weighted by Gasteiger charge is -2.25. The quantitative estimate of drug-likeness (QED) is 0.295. The van der Waals surface area contributed by atoms with Crippen molar-refractivity contribution >= 4 is 12.1 Å². The van der Waals surface area contributed by atoms with Crippen LogP contribution in [-0.2, 0) is 9.47 Å². The maximum atomic E-state index is 12.0. The molecule has 7 heteroatoms. The van der Waals surface area contributed by atoms with Crippen LogP contribution in [-0.4, -0.2) is 56.5 Å².